The first kappa shape index (κ1) is 20.4. The quantitative estimate of drug-likeness (QED) is 0.286. The van der Waals surface area contributed by atoms with Crippen LogP contribution >= 0.6 is 11.3 Å². The van der Waals surface area contributed by atoms with Gasteiger partial charge in [-0.1, -0.05) is 12.1 Å². The Morgan fingerprint density at radius 1 is 1.13 bits per heavy atom. The number of hydrazone groups is 1. The van der Waals surface area contributed by atoms with Gasteiger partial charge in [0.15, 0.2) is 23.1 Å². The predicted molar refractivity (Wildman–Crippen MR) is 122 cm³/mol. The van der Waals surface area contributed by atoms with Crippen molar-refractivity contribution in [2.45, 2.75) is 6.92 Å². The zero-order valence-corrected chi connectivity index (χ0v) is 17.7. The van der Waals surface area contributed by atoms with Crippen LogP contribution in [0, 0.1) is 0 Å². The fourth-order valence-electron chi connectivity index (χ4n) is 3.05. The molecule has 0 saturated carbocycles. The number of phenolic OH excluding ortho intramolecular Hbond substituents is 1. The third kappa shape index (κ3) is 4.08. The van der Waals surface area contributed by atoms with E-state index in [1.165, 1.54) is 24.8 Å². The Bertz CT molecular complexity index is 1260. The molecule has 0 amide bonds. The molecule has 9 heteroatoms. The number of para-hydroxylation sites is 1. The molecule has 0 fully saturated rings. The van der Waals surface area contributed by atoms with Gasteiger partial charge in [-0.05, 0) is 42.8 Å². The summed E-state index contributed by atoms with van der Waals surface area (Å²) in [6.45, 7) is 2.43. The fraction of sp³-hybridized carbons (Fsp3) is 0.136. The van der Waals surface area contributed by atoms with Gasteiger partial charge in [-0.25, -0.2) is 9.97 Å². The number of fused-ring (bicyclic) bond motifs is 1. The monoisotopic (exact) mass is 436 g/mol. The molecule has 0 bridgehead atoms. The SMILES string of the molecule is CCOc1ccccc1-c1sc2c(NN=Cc3ccc(OC)c(O)c3)ncnc2c1O. The number of rotatable bonds is 7. The normalized spacial score (nSPS) is 11.2. The van der Waals surface area contributed by atoms with Crippen LogP contribution in [0.1, 0.15) is 12.5 Å². The van der Waals surface area contributed by atoms with Crippen LogP contribution in [0.2, 0.25) is 0 Å². The lowest BCUT2D eigenvalue weighted by Gasteiger charge is -2.08. The van der Waals surface area contributed by atoms with Gasteiger partial charge in [-0.15, -0.1) is 11.3 Å². The third-order valence-corrected chi connectivity index (χ3v) is 5.67. The van der Waals surface area contributed by atoms with E-state index in [0.29, 0.717) is 44.6 Å². The minimum absolute atomic E-state index is 0.0247. The second-order valence-electron chi connectivity index (χ2n) is 6.41. The summed E-state index contributed by atoms with van der Waals surface area (Å²) in [4.78, 5) is 9.13. The first-order valence-corrected chi connectivity index (χ1v) is 10.3. The van der Waals surface area contributed by atoms with Crippen molar-refractivity contribution in [2.75, 3.05) is 19.1 Å². The molecule has 2 heterocycles. The zero-order chi connectivity index (χ0) is 21.8. The summed E-state index contributed by atoms with van der Waals surface area (Å²) in [5.41, 5.74) is 4.78. The third-order valence-electron chi connectivity index (χ3n) is 4.47. The molecule has 2 aromatic heterocycles. The highest BCUT2D eigenvalue weighted by molar-refractivity contribution is 7.23. The van der Waals surface area contributed by atoms with Crippen molar-refractivity contribution < 1.29 is 19.7 Å². The van der Waals surface area contributed by atoms with E-state index in [9.17, 15) is 10.2 Å². The molecular weight excluding hydrogens is 416 g/mol. The van der Waals surface area contributed by atoms with Crippen LogP contribution in [0.3, 0.4) is 0 Å². The Labute approximate surface area is 182 Å². The van der Waals surface area contributed by atoms with Crippen molar-refractivity contribution in [2.24, 2.45) is 5.10 Å². The summed E-state index contributed by atoms with van der Waals surface area (Å²) in [6.07, 6.45) is 2.91. The van der Waals surface area contributed by atoms with Gasteiger partial charge in [-0.2, -0.15) is 5.10 Å². The number of hydrogen-bond acceptors (Lipinski definition) is 9. The van der Waals surface area contributed by atoms with E-state index in [4.69, 9.17) is 9.47 Å². The molecule has 3 N–H and O–H groups in total. The van der Waals surface area contributed by atoms with Crippen LogP contribution < -0.4 is 14.9 Å². The maximum absolute atomic E-state index is 10.8. The minimum atomic E-state index is 0.0247. The lowest BCUT2D eigenvalue weighted by Crippen LogP contribution is -1.94. The molecule has 0 aliphatic rings. The second kappa shape index (κ2) is 8.88. The molecule has 4 aromatic rings. The number of hydrogen-bond donors (Lipinski definition) is 3. The minimum Gasteiger partial charge on any atom is -0.504 e. The van der Waals surface area contributed by atoms with Crippen molar-refractivity contribution in [3.63, 3.8) is 0 Å². The largest absolute Gasteiger partial charge is 0.504 e. The van der Waals surface area contributed by atoms with Gasteiger partial charge >= 0.3 is 0 Å². The number of ether oxygens (including phenoxy) is 2. The summed E-state index contributed by atoms with van der Waals surface area (Å²) in [5.74, 6) is 1.63. The maximum Gasteiger partial charge on any atom is 0.167 e. The topological polar surface area (TPSA) is 109 Å². The van der Waals surface area contributed by atoms with Gasteiger partial charge in [0.25, 0.3) is 0 Å². The standard InChI is InChI=1S/C22H20N4O4S/c1-3-30-16-7-5-4-6-14(16)20-19(28)18-21(31-20)22(24-12-23-18)26-25-11-13-8-9-17(29-2)15(27)10-13/h4-12,27-28H,3H2,1-2H3,(H,23,24,26). The summed E-state index contributed by atoms with van der Waals surface area (Å²) in [7, 11) is 1.49. The Hall–Kier alpha value is -3.85. The molecule has 0 aliphatic heterocycles. The Balaban J connectivity index is 1.66. The van der Waals surface area contributed by atoms with Crippen LogP contribution in [-0.2, 0) is 0 Å². The van der Waals surface area contributed by atoms with Gasteiger partial charge in [0, 0.05) is 5.56 Å². The van der Waals surface area contributed by atoms with Crippen molar-refractivity contribution in [1.82, 2.24) is 9.97 Å². The van der Waals surface area contributed by atoms with Crippen LogP contribution in [0.15, 0.2) is 53.9 Å². The average Bonchev–Trinajstić information content (AvgIpc) is 3.12. The van der Waals surface area contributed by atoms with E-state index in [1.54, 1.807) is 24.4 Å². The molecule has 0 unspecified atom stereocenters. The molecule has 31 heavy (non-hydrogen) atoms. The van der Waals surface area contributed by atoms with Crippen molar-refractivity contribution >= 4 is 33.6 Å². The van der Waals surface area contributed by atoms with Gasteiger partial charge in [0.2, 0.25) is 0 Å². The lowest BCUT2D eigenvalue weighted by molar-refractivity contribution is 0.341. The summed E-state index contributed by atoms with van der Waals surface area (Å²) < 4.78 is 11.4. The van der Waals surface area contributed by atoms with E-state index in [1.807, 2.05) is 31.2 Å². The molecule has 8 nitrogen and oxygen atoms in total. The molecule has 4 rings (SSSR count). The average molecular weight is 436 g/mol. The highest BCUT2D eigenvalue weighted by Gasteiger charge is 2.19. The highest BCUT2D eigenvalue weighted by Crippen LogP contribution is 2.47. The van der Waals surface area contributed by atoms with E-state index in [0.717, 1.165) is 5.56 Å². The lowest BCUT2D eigenvalue weighted by atomic mass is 10.1. The summed E-state index contributed by atoms with van der Waals surface area (Å²) in [6, 6.07) is 12.5. The molecular formula is C22H20N4O4S. The number of phenols is 1. The molecule has 0 spiro atoms. The number of aromatic nitrogens is 2. The predicted octanol–water partition coefficient (Wildman–Crippen LogP) is 4.62. The van der Waals surface area contributed by atoms with Crippen LogP contribution in [0.5, 0.6) is 23.0 Å². The van der Waals surface area contributed by atoms with Gasteiger partial charge < -0.3 is 19.7 Å². The highest BCUT2D eigenvalue weighted by atomic mass is 32.1. The van der Waals surface area contributed by atoms with Gasteiger partial charge in [0.1, 0.15) is 22.3 Å². The molecule has 158 valence electrons. The number of anilines is 1. The van der Waals surface area contributed by atoms with Crippen LogP contribution in [0.25, 0.3) is 20.7 Å². The Morgan fingerprint density at radius 3 is 2.74 bits per heavy atom. The van der Waals surface area contributed by atoms with Gasteiger partial charge in [0.05, 0.1) is 24.8 Å². The Morgan fingerprint density at radius 2 is 1.97 bits per heavy atom. The zero-order valence-electron chi connectivity index (χ0n) is 16.9. The van der Waals surface area contributed by atoms with Crippen LogP contribution in [0.4, 0.5) is 5.82 Å². The fourth-order valence-corrected chi connectivity index (χ4v) is 4.17. The molecule has 0 atom stereocenters. The number of thiophene rings is 1. The second-order valence-corrected chi connectivity index (χ2v) is 7.43. The molecule has 0 saturated heterocycles. The molecule has 0 radical (unpaired) electrons. The number of nitrogens with zero attached hydrogens (tertiary/aromatic N) is 3. The van der Waals surface area contributed by atoms with Crippen molar-refractivity contribution in [3.05, 3.63) is 54.4 Å². The first-order valence-electron chi connectivity index (χ1n) is 9.47. The maximum atomic E-state index is 10.8. The summed E-state index contributed by atoms with van der Waals surface area (Å²) >= 11 is 1.35. The smallest absolute Gasteiger partial charge is 0.167 e. The number of benzene rings is 2. The Kier molecular flexibility index (Phi) is 5.85. The number of methoxy groups -OCH3 is 1. The van der Waals surface area contributed by atoms with E-state index in [2.05, 4.69) is 20.5 Å². The van der Waals surface area contributed by atoms with Crippen LogP contribution in [-0.4, -0.2) is 40.1 Å². The molecule has 2 aromatic carbocycles. The van der Waals surface area contributed by atoms with Crippen molar-refractivity contribution in [3.8, 4) is 33.4 Å². The first-order chi connectivity index (χ1) is 15.1. The number of nitrogens with one attached hydrogen (secondary N) is 1. The number of aromatic hydroxyl groups is 2. The van der Waals surface area contributed by atoms with E-state index < -0.39 is 0 Å². The van der Waals surface area contributed by atoms with Crippen molar-refractivity contribution in [1.29, 1.82) is 0 Å². The molecule has 0 aliphatic carbocycles. The van der Waals surface area contributed by atoms with Gasteiger partial charge in [-0.3, -0.25) is 5.43 Å². The van der Waals surface area contributed by atoms with E-state index >= 15 is 0 Å². The van der Waals surface area contributed by atoms with E-state index in [-0.39, 0.29) is 11.5 Å². The summed E-state index contributed by atoms with van der Waals surface area (Å²) in [5, 5.41) is 24.9.